The number of epoxide rings is 1. The van der Waals surface area contributed by atoms with Gasteiger partial charge in [0.1, 0.15) is 0 Å². The number of aliphatic hydroxyl groups excluding tert-OH is 1. The van der Waals surface area contributed by atoms with Crippen molar-refractivity contribution in [3.63, 3.8) is 0 Å². The summed E-state index contributed by atoms with van der Waals surface area (Å²) < 4.78 is 4.50. The van der Waals surface area contributed by atoms with E-state index >= 15 is 0 Å². The maximum atomic E-state index is 9.03. The maximum absolute atomic E-state index is 9.03. The van der Waals surface area contributed by atoms with Gasteiger partial charge in [-0.2, -0.15) is 0 Å². The maximum Gasteiger partial charge on any atom is 0.0701 e. The van der Waals surface area contributed by atoms with Crippen molar-refractivity contribution in [3.05, 3.63) is 0 Å². The Morgan fingerprint density at radius 1 is 1.45 bits per heavy atom. The molecule has 0 amide bonds. The second-order valence-corrected chi connectivity index (χ2v) is 3.48. The highest BCUT2D eigenvalue weighted by Gasteiger charge is 2.14. The summed E-state index contributed by atoms with van der Waals surface area (Å²) in [6.45, 7) is 7.03. The lowest BCUT2D eigenvalue weighted by molar-refractivity contribution is 0.0249. The van der Waals surface area contributed by atoms with E-state index in [0.717, 1.165) is 13.2 Å². The fourth-order valence-corrected chi connectivity index (χ4v) is 0.723. The van der Waals surface area contributed by atoms with Gasteiger partial charge in [-0.25, -0.2) is 0 Å². The Balaban J connectivity index is 0.000000271. The van der Waals surface area contributed by atoms with Crippen molar-refractivity contribution in [3.8, 4) is 0 Å². The van der Waals surface area contributed by atoms with Crippen LogP contribution in [0.1, 0.15) is 27.2 Å². The topological polar surface area (TPSA) is 53.0 Å². The average Bonchev–Trinajstić information content (AvgIpc) is 2.33. The highest BCUT2D eigenvalue weighted by atomic mass is 16.6. The zero-order valence-electron chi connectivity index (χ0n) is 7.50. The number of hydrogen-bond acceptors (Lipinski definition) is 3. The molecule has 1 fully saturated rings. The lowest BCUT2D eigenvalue weighted by Crippen LogP contribution is -2.24. The van der Waals surface area contributed by atoms with Crippen molar-refractivity contribution in [1.82, 2.24) is 0 Å². The van der Waals surface area contributed by atoms with E-state index in [2.05, 4.69) is 4.74 Å². The minimum absolute atomic E-state index is 0.407. The fourth-order valence-electron chi connectivity index (χ4n) is 0.723. The highest BCUT2D eigenvalue weighted by molar-refractivity contribution is 4.67. The van der Waals surface area contributed by atoms with Gasteiger partial charge in [-0.1, -0.05) is 0 Å². The summed E-state index contributed by atoms with van der Waals surface area (Å²) in [7, 11) is 0. The van der Waals surface area contributed by atoms with Gasteiger partial charge in [0.25, 0.3) is 0 Å². The lowest BCUT2D eigenvalue weighted by Gasteiger charge is -2.17. The molecule has 0 bridgehead atoms. The zero-order chi connectivity index (χ0) is 8.91. The van der Waals surface area contributed by atoms with E-state index in [1.165, 1.54) is 0 Å². The van der Waals surface area contributed by atoms with Crippen LogP contribution >= 0.6 is 0 Å². The third-order valence-electron chi connectivity index (χ3n) is 0.999. The Morgan fingerprint density at radius 3 is 1.82 bits per heavy atom. The first-order chi connectivity index (χ1) is 4.92. The standard InChI is InChI=1S/C6H14O2.C2H4O/c1-5(7)4-6(2,3)8;1-2-3-1/h5,7-8H,4H2,1-3H3;1-2H2. The quantitative estimate of drug-likeness (QED) is 0.583. The summed E-state index contributed by atoms with van der Waals surface area (Å²) in [6.07, 6.45) is 0.0301. The van der Waals surface area contributed by atoms with Gasteiger partial charge < -0.3 is 14.9 Å². The molecule has 0 aliphatic carbocycles. The number of rotatable bonds is 2. The molecule has 0 aromatic carbocycles. The van der Waals surface area contributed by atoms with Gasteiger partial charge in [0.15, 0.2) is 0 Å². The minimum Gasteiger partial charge on any atom is -0.393 e. The third kappa shape index (κ3) is 17.7. The van der Waals surface area contributed by atoms with E-state index in [4.69, 9.17) is 10.2 Å². The van der Waals surface area contributed by atoms with E-state index < -0.39 is 11.7 Å². The molecule has 2 N–H and O–H groups in total. The van der Waals surface area contributed by atoms with E-state index in [1.807, 2.05) is 0 Å². The minimum atomic E-state index is -0.728. The second kappa shape index (κ2) is 4.70. The van der Waals surface area contributed by atoms with Crippen molar-refractivity contribution in [2.24, 2.45) is 0 Å². The van der Waals surface area contributed by atoms with Gasteiger partial charge in [-0.05, 0) is 20.8 Å². The van der Waals surface area contributed by atoms with Crippen molar-refractivity contribution in [2.45, 2.75) is 38.9 Å². The Morgan fingerprint density at radius 2 is 1.82 bits per heavy atom. The first-order valence-corrected chi connectivity index (χ1v) is 3.90. The van der Waals surface area contributed by atoms with E-state index in [-0.39, 0.29) is 0 Å². The molecule has 0 aromatic rings. The first kappa shape index (κ1) is 10.9. The highest BCUT2D eigenvalue weighted by Crippen LogP contribution is 2.09. The molecule has 68 valence electrons. The van der Waals surface area contributed by atoms with Gasteiger partial charge in [-0.15, -0.1) is 0 Å². The molecule has 0 saturated carbocycles. The molecule has 0 radical (unpaired) electrons. The number of hydrogen-bond donors (Lipinski definition) is 2. The number of ether oxygens (including phenoxy) is 1. The molecule has 1 heterocycles. The van der Waals surface area contributed by atoms with Gasteiger partial charge in [-0.3, -0.25) is 0 Å². The van der Waals surface area contributed by atoms with Crippen LogP contribution in [0.4, 0.5) is 0 Å². The smallest absolute Gasteiger partial charge is 0.0701 e. The Labute approximate surface area is 68.0 Å². The summed E-state index contributed by atoms with van der Waals surface area (Å²) in [5.74, 6) is 0. The van der Waals surface area contributed by atoms with Gasteiger partial charge in [0.05, 0.1) is 24.9 Å². The molecule has 11 heavy (non-hydrogen) atoms. The molecule has 0 aromatic heterocycles. The molecule has 3 nitrogen and oxygen atoms in total. The molecule has 1 aliphatic heterocycles. The Hall–Kier alpha value is -0.120. The second-order valence-electron chi connectivity index (χ2n) is 3.48. The van der Waals surface area contributed by atoms with E-state index in [9.17, 15) is 0 Å². The predicted molar refractivity (Wildman–Crippen MR) is 43.4 cm³/mol. The molecule has 1 unspecified atom stereocenters. The van der Waals surface area contributed by atoms with Crippen molar-refractivity contribution < 1.29 is 14.9 Å². The first-order valence-electron chi connectivity index (χ1n) is 3.90. The van der Waals surface area contributed by atoms with Gasteiger partial charge in [0.2, 0.25) is 0 Å². The molecule has 1 atom stereocenters. The summed E-state index contributed by atoms with van der Waals surface area (Å²) >= 11 is 0. The third-order valence-corrected chi connectivity index (χ3v) is 0.999. The Kier molecular flexibility index (Phi) is 4.65. The summed E-state index contributed by atoms with van der Waals surface area (Å²) in [6, 6.07) is 0. The molecule has 1 rings (SSSR count). The molecular weight excluding hydrogens is 144 g/mol. The van der Waals surface area contributed by atoms with Crippen LogP contribution < -0.4 is 0 Å². The molecule has 3 heteroatoms. The summed E-state index contributed by atoms with van der Waals surface area (Å²) in [5, 5.41) is 17.8. The molecular formula is C8H18O3. The van der Waals surface area contributed by atoms with Crippen molar-refractivity contribution in [1.29, 1.82) is 0 Å². The van der Waals surface area contributed by atoms with Crippen molar-refractivity contribution in [2.75, 3.05) is 13.2 Å². The summed E-state index contributed by atoms with van der Waals surface area (Å²) in [4.78, 5) is 0. The van der Waals surface area contributed by atoms with Crippen LogP contribution in [0.2, 0.25) is 0 Å². The van der Waals surface area contributed by atoms with Crippen LogP contribution in [0, 0.1) is 0 Å². The van der Waals surface area contributed by atoms with Crippen LogP contribution in [-0.4, -0.2) is 35.1 Å². The number of aliphatic hydroxyl groups is 2. The van der Waals surface area contributed by atoms with Gasteiger partial charge >= 0.3 is 0 Å². The monoisotopic (exact) mass is 162 g/mol. The normalized spacial score (nSPS) is 18.3. The largest absolute Gasteiger partial charge is 0.393 e. The summed E-state index contributed by atoms with van der Waals surface area (Å²) in [5.41, 5.74) is -0.728. The molecule has 1 saturated heterocycles. The van der Waals surface area contributed by atoms with E-state index in [1.54, 1.807) is 20.8 Å². The van der Waals surface area contributed by atoms with Crippen LogP contribution in [0.15, 0.2) is 0 Å². The van der Waals surface area contributed by atoms with Crippen LogP contribution in [-0.2, 0) is 4.74 Å². The lowest BCUT2D eigenvalue weighted by atomic mass is 10.0. The van der Waals surface area contributed by atoms with Crippen LogP contribution in [0.5, 0.6) is 0 Å². The van der Waals surface area contributed by atoms with E-state index in [0.29, 0.717) is 6.42 Å². The van der Waals surface area contributed by atoms with Gasteiger partial charge in [0, 0.05) is 6.42 Å². The van der Waals surface area contributed by atoms with Crippen LogP contribution in [0.3, 0.4) is 0 Å². The molecule has 1 aliphatic rings. The Bertz CT molecular complexity index is 89.2. The fraction of sp³-hybridized carbons (Fsp3) is 1.00. The molecule has 0 spiro atoms. The average molecular weight is 162 g/mol. The van der Waals surface area contributed by atoms with Crippen LogP contribution in [0.25, 0.3) is 0 Å². The SMILES string of the molecule is C1CO1.CC(O)CC(C)(C)O. The predicted octanol–water partition coefficient (Wildman–Crippen LogP) is 0.545. The van der Waals surface area contributed by atoms with Crippen molar-refractivity contribution >= 4 is 0 Å². The zero-order valence-corrected chi connectivity index (χ0v) is 7.50.